The molecule has 1 atom stereocenters. The van der Waals surface area contributed by atoms with Crippen molar-refractivity contribution in [2.75, 3.05) is 38.5 Å². The lowest BCUT2D eigenvalue weighted by molar-refractivity contribution is 0.121. The Balaban J connectivity index is 1.11. The van der Waals surface area contributed by atoms with Gasteiger partial charge in [0, 0.05) is 62.1 Å². The first-order valence-corrected chi connectivity index (χ1v) is 12.9. The van der Waals surface area contributed by atoms with Gasteiger partial charge < -0.3 is 10.6 Å². The molecule has 4 aromatic rings. The molecular weight excluding hydrogens is 498 g/mol. The number of fused-ring (bicyclic) bond motifs is 3. The van der Waals surface area contributed by atoms with E-state index in [9.17, 15) is 4.39 Å². The second-order valence-electron chi connectivity index (χ2n) is 9.77. The number of nitrogen functional groups attached to an aromatic ring is 1. The largest absolute Gasteiger partial charge is 0.384 e. The van der Waals surface area contributed by atoms with Gasteiger partial charge in [-0.3, -0.25) is 9.58 Å². The summed E-state index contributed by atoms with van der Waals surface area (Å²) in [4.78, 5) is 16.7. The number of pyridine rings is 1. The van der Waals surface area contributed by atoms with Gasteiger partial charge in [0.2, 0.25) is 5.28 Å². The van der Waals surface area contributed by atoms with Crippen LogP contribution in [0.2, 0.25) is 5.28 Å². The Morgan fingerprint density at radius 1 is 1.00 bits per heavy atom. The maximum atomic E-state index is 15.0. The van der Waals surface area contributed by atoms with Crippen molar-refractivity contribution < 1.29 is 8.78 Å². The Kier molecular flexibility index (Phi) is 6.48. The average Bonchev–Trinajstić information content (AvgIpc) is 3.47. The minimum atomic E-state index is -0.643. The number of aromatic nitrogens is 5. The summed E-state index contributed by atoms with van der Waals surface area (Å²) in [6.45, 7) is 5.87. The zero-order chi connectivity index (χ0) is 25.5. The van der Waals surface area contributed by atoms with Crippen LogP contribution in [0.3, 0.4) is 0 Å². The van der Waals surface area contributed by atoms with Crippen molar-refractivity contribution in [3.63, 3.8) is 0 Å². The molecule has 2 aliphatic rings. The third kappa shape index (κ3) is 4.88. The number of nitrogens with two attached hydrogens (primary N) is 1. The van der Waals surface area contributed by atoms with Gasteiger partial charge in [0.1, 0.15) is 17.0 Å². The predicted molar refractivity (Wildman–Crippen MR) is 138 cm³/mol. The van der Waals surface area contributed by atoms with Gasteiger partial charge in [-0.1, -0.05) is 6.07 Å². The molecule has 5 heterocycles. The van der Waals surface area contributed by atoms with Crippen LogP contribution in [0.5, 0.6) is 0 Å². The van der Waals surface area contributed by atoms with E-state index in [1.165, 1.54) is 11.6 Å². The van der Waals surface area contributed by atoms with Crippen LogP contribution < -0.4 is 5.73 Å². The highest BCUT2D eigenvalue weighted by atomic mass is 35.5. The Morgan fingerprint density at radius 2 is 1.81 bits per heavy atom. The van der Waals surface area contributed by atoms with E-state index in [1.54, 1.807) is 6.07 Å². The zero-order valence-electron chi connectivity index (χ0n) is 20.2. The van der Waals surface area contributed by atoms with E-state index in [-0.39, 0.29) is 17.0 Å². The van der Waals surface area contributed by atoms with Gasteiger partial charge in [0.25, 0.3) is 0 Å². The summed E-state index contributed by atoms with van der Waals surface area (Å²) in [5, 5.41) is 5.25. The van der Waals surface area contributed by atoms with E-state index >= 15 is 4.39 Å². The summed E-state index contributed by atoms with van der Waals surface area (Å²) in [6, 6.07) is 7.12. The number of hydrogen-bond donors (Lipinski definition) is 1. The average molecular weight is 525 g/mol. The first-order valence-electron chi connectivity index (χ1n) is 12.5. The molecule has 0 radical (unpaired) electrons. The molecule has 0 saturated carbocycles. The molecule has 1 saturated heterocycles. The molecule has 11 heteroatoms. The minimum Gasteiger partial charge on any atom is -0.384 e. The lowest BCUT2D eigenvalue weighted by Crippen LogP contribution is -2.46. The van der Waals surface area contributed by atoms with Gasteiger partial charge >= 0.3 is 0 Å². The highest BCUT2D eigenvalue weighted by Crippen LogP contribution is 2.36. The molecule has 6 rings (SSSR count). The van der Waals surface area contributed by atoms with E-state index in [1.807, 2.05) is 23.0 Å². The molecule has 8 nitrogen and oxygen atoms in total. The summed E-state index contributed by atoms with van der Waals surface area (Å²) in [5.74, 6) is -0.591. The van der Waals surface area contributed by atoms with Crippen LogP contribution in [0.1, 0.15) is 30.1 Å². The van der Waals surface area contributed by atoms with E-state index < -0.39 is 11.6 Å². The van der Waals surface area contributed by atoms with Gasteiger partial charge in [-0.2, -0.15) is 5.10 Å². The fourth-order valence-corrected chi connectivity index (χ4v) is 5.56. The van der Waals surface area contributed by atoms with Crippen LogP contribution in [-0.2, 0) is 13.0 Å². The molecule has 2 aliphatic heterocycles. The summed E-state index contributed by atoms with van der Waals surface area (Å²) in [5.41, 5.74) is 8.48. The van der Waals surface area contributed by atoms with Gasteiger partial charge in [0.15, 0.2) is 11.6 Å². The number of rotatable bonds is 6. The molecule has 1 aromatic carbocycles. The van der Waals surface area contributed by atoms with Gasteiger partial charge in [-0.05, 0) is 54.6 Å². The molecule has 37 heavy (non-hydrogen) atoms. The first kappa shape index (κ1) is 24.1. The smallest absolute Gasteiger partial charge is 0.223 e. The summed E-state index contributed by atoms with van der Waals surface area (Å²) < 4.78 is 31.3. The Morgan fingerprint density at radius 3 is 2.59 bits per heavy atom. The number of benzene rings is 1. The Labute approximate surface area is 218 Å². The summed E-state index contributed by atoms with van der Waals surface area (Å²) >= 11 is 5.85. The second-order valence-corrected chi connectivity index (χ2v) is 10.1. The topological polar surface area (TPSA) is 89.0 Å². The first-order chi connectivity index (χ1) is 17.9. The van der Waals surface area contributed by atoms with E-state index in [2.05, 4.69) is 29.9 Å². The third-order valence-electron chi connectivity index (χ3n) is 7.40. The van der Waals surface area contributed by atoms with Crippen molar-refractivity contribution >= 4 is 28.3 Å². The molecular formula is C26H27ClF2N8. The number of anilines is 1. The van der Waals surface area contributed by atoms with Crippen LogP contribution in [0, 0.1) is 11.6 Å². The van der Waals surface area contributed by atoms with Crippen molar-refractivity contribution in [2.45, 2.75) is 31.8 Å². The standard InChI is InChI=1S/C26H27ClF2N8/c27-26-32-14-21(29)24(33-26)17-11-19-22-3-2-18(37(22)34-25(19)20(28)12-17)5-6-35-7-9-36(10-8-35)15-16-1-4-23(30)31-13-16/h1,4,11-14,18H,2-3,5-10,15H2,(H2,30,31). The summed E-state index contributed by atoms with van der Waals surface area (Å²) in [7, 11) is 0. The van der Waals surface area contributed by atoms with Crippen LogP contribution in [-0.4, -0.2) is 67.3 Å². The van der Waals surface area contributed by atoms with E-state index in [4.69, 9.17) is 17.3 Å². The number of nitrogens with zero attached hydrogens (tertiary/aromatic N) is 7. The van der Waals surface area contributed by atoms with Crippen molar-refractivity contribution in [2.24, 2.45) is 0 Å². The molecule has 0 amide bonds. The predicted octanol–water partition coefficient (Wildman–Crippen LogP) is 4.10. The lowest BCUT2D eigenvalue weighted by atomic mass is 10.1. The van der Waals surface area contributed by atoms with Crippen LogP contribution in [0.25, 0.3) is 22.2 Å². The normalized spacial score (nSPS) is 18.5. The van der Waals surface area contributed by atoms with Crippen LogP contribution in [0.4, 0.5) is 14.6 Å². The van der Waals surface area contributed by atoms with E-state index in [0.29, 0.717) is 22.3 Å². The van der Waals surface area contributed by atoms with Gasteiger partial charge in [0.05, 0.1) is 12.2 Å². The number of piperazine rings is 1. The van der Waals surface area contributed by atoms with Crippen LogP contribution >= 0.6 is 11.6 Å². The molecule has 3 aromatic heterocycles. The van der Waals surface area contributed by atoms with Crippen molar-refractivity contribution in [3.8, 4) is 11.3 Å². The number of halogens is 3. The number of aryl methyl sites for hydroxylation is 1. The molecule has 0 aliphatic carbocycles. The lowest BCUT2D eigenvalue weighted by Gasteiger charge is -2.35. The highest BCUT2D eigenvalue weighted by molar-refractivity contribution is 6.28. The minimum absolute atomic E-state index is 0.0119. The Hall–Kier alpha value is -3.21. The van der Waals surface area contributed by atoms with Crippen molar-refractivity contribution in [1.29, 1.82) is 0 Å². The molecule has 0 spiro atoms. The maximum absolute atomic E-state index is 15.0. The van der Waals surface area contributed by atoms with Gasteiger partial charge in [-0.25, -0.2) is 23.7 Å². The van der Waals surface area contributed by atoms with Crippen molar-refractivity contribution in [1.82, 2.24) is 34.5 Å². The third-order valence-corrected chi connectivity index (χ3v) is 7.59. The number of hydrogen-bond acceptors (Lipinski definition) is 7. The molecule has 192 valence electrons. The fraction of sp³-hybridized carbons (Fsp3) is 0.385. The maximum Gasteiger partial charge on any atom is 0.223 e. The van der Waals surface area contributed by atoms with Gasteiger partial charge in [-0.15, -0.1) is 0 Å². The molecule has 1 unspecified atom stereocenters. The van der Waals surface area contributed by atoms with Crippen molar-refractivity contribution in [3.05, 3.63) is 64.8 Å². The second kappa shape index (κ2) is 9.92. The monoisotopic (exact) mass is 524 g/mol. The SMILES string of the molecule is Nc1ccc(CN2CCN(CCC3CCc4c5cc(-c6nc(Cl)ncc6F)cc(F)c5nn43)CC2)cn1. The molecule has 2 N–H and O–H groups in total. The summed E-state index contributed by atoms with van der Waals surface area (Å²) in [6.07, 6.45) is 5.56. The molecule has 1 fully saturated rings. The molecule has 0 bridgehead atoms. The Bertz CT molecular complexity index is 1430. The highest BCUT2D eigenvalue weighted by Gasteiger charge is 2.28. The zero-order valence-corrected chi connectivity index (χ0v) is 21.0. The van der Waals surface area contributed by atoms with Crippen LogP contribution in [0.15, 0.2) is 36.7 Å². The quantitative estimate of drug-likeness (QED) is 0.380. The van der Waals surface area contributed by atoms with E-state index in [0.717, 1.165) is 70.4 Å². The fourth-order valence-electron chi connectivity index (χ4n) is 5.43.